The Labute approximate surface area is 218 Å². The zero-order valence-electron chi connectivity index (χ0n) is 21.0. The number of morpholine rings is 1. The van der Waals surface area contributed by atoms with Crippen LogP contribution in [-0.2, 0) is 9.53 Å². The van der Waals surface area contributed by atoms with Gasteiger partial charge < -0.3 is 19.3 Å². The highest BCUT2D eigenvalue weighted by Crippen LogP contribution is 2.26. The van der Waals surface area contributed by atoms with E-state index >= 15 is 0 Å². The van der Waals surface area contributed by atoms with Crippen LogP contribution in [0.4, 0.5) is 0 Å². The van der Waals surface area contributed by atoms with Crippen molar-refractivity contribution in [2.45, 2.75) is 6.92 Å². The number of hydrogen-bond donors (Lipinski definition) is 1. The molecular formula is C31H31NO5. The molecule has 0 unspecified atom stereocenters. The van der Waals surface area contributed by atoms with Crippen LogP contribution in [0.3, 0.4) is 0 Å². The summed E-state index contributed by atoms with van der Waals surface area (Å²) in [5.74, 6) is 6.75. The molecule has 0 amide bonds. The van der Waals surface area contributed by atoms with E-state index in [0.29, 0.717) is 18.1 Å². The van der Waals surface area contributed by atoms with Crippen molar-refractivity contribution < 1.29 is 24.1 Å². The van der Waals surface area contributed by atoms with Crippen molar-refractivity contribution in [3.8, 4) is 23.3 Å². The van der Waals surface area contributed by atoms with Gasteiger partial charge in [0, 0.05) is 18.7 Å². The first-order valence-corrected chi connectivity index (χ1v) is 12.3. The molecule has 1 aliphatic heterocycles. The van der Waals surface area contributed by atoms with Crippen molar-refractivity contribution in [3.05, 3.63) is 101 Å². The van der Waals surface area contributed by atoms with Gasteiger partial charge in [0.1, 0.15) is 18.1 Å². The minimum Gasteiger partial charge on any atom is -0.489 e. The molecule has 1 heterocycles. The lowest BCUT2D eigenvalue weighted by Crippen LogP contribution is -2.36. The fraction of sp³-hybridized carbons (Fsp3) is 0.258. The highest BCUT2D eigenvalue weighted by molar-refractivity contribution is 5.80. The fourth-order valence-electron chi connectivity index (χ4n) is 4.00. The number of nitrogens with zero attached hydrogens (tertiary/aromatic N) is 1. The van der Waals surface area contributed by atoms with Gasteiger partial charge in [0.25, 0.3) is 0 Å². The Morgan fingerprint density at radius 2 is 1.73 bits per heavy atom. The molecule has 0 atom stereocenters. The maximum Gasteiger partial charge on any atom is 0.341 e. The number of carboxylic acid groups (broad SMARTS) is 1. The van der Waals surface area contributed by atoms with Crippen LogP contribution in [0.15, 0.2) is 78.9 Å². The predicted molar refractivity (Wildman–Crippen MR) is 144 cm³/mol. The van der Waals surface area contributed by atoms with E-state index < -0.39 is 5.97 Å². The van der Waals surface area contributed by atoms with Gasteiger partial charge in [0.2, 0.25) is 0 Å². The Balaban J connectivity index is 1.44. The number of carboxylic acids is 1. The summed E-state index contributed by atoms with van der Waals surface area (Å²) in [6.45, 7) is 6.04. The zero-order chi connectivity index (χ0) is 25.9. The minimum atomic E-state index is -1.01. The molecule has 1 saturated heterocycles. The van der Waals surface area contributed by atoms with Crippen LogP contribution in [0.1, 0.15) is 22.3 Å². The van der Waals surface area contributed by atoms with Crippen LogP contribution in [-0.4, -0.2) is 62.0 Å². The SMILES string of the molecule is Cc1cc(OC/C=C(/c2ccccc2)c2ccc(C#CCN3CCOCC3)cc2)ccc1OCC(=O)O. The smallest absolute Gasteiger partial charge is 0.341 e. The van der Waals surface area contributed by atoms with E-state index in [1.165, 1.54) is 0 Å². The Hall–Kier alpha value is -4.05. The molecule has 0 aliphatic carbocycles. The first-order valence-electron chi connectivity index (χ1n) is 12.3. The highest BCUT2D eigenvalue weighted by Gasteiger charge is 2.09. The topological polar surface area (TPSA) is 68.2 Å². The Kier molecular flexibility index (Phi) is 9.36. The minimum absolute atomic E-state index is 0.373. The Morgan fingerprint density at radius 1 is 1.00 bits per heavy atom. The molecule has 0 saturated carbocycles. The van der Waals surface area contributed by atoms with Crippen molar-refractivity contribution in [1.82, 2.24) is 4.90 Å². The molecule has 0 spiro atoms. The first-order chi connectivity index (χ1) is 18.1. The summed E-state index contributed by atoms with van der Waals surface area (Å²) in [5.41, 5.74) is 5.07. The highest BCUT2D eigenvalue weighted by atomic mass is 16.5. The fourth-order valence-corrected chi connectivity index (χ4v) is 4.00. The van der Waals surface area contributed by atoms with Crippen LogP contribution < -0.4 is 9.47 Å². The van der Waals surface area contributed by atoms with E-state index in [4.69, 9.17) is 19.3 Å². The number of carbonyl (C=O) groups is 1. The van der Waals surface area contributed by atoms with Gasteiger partial charge in [0.05, 0.1) is 19.8 Å². The summed E-state index contributed by atoms with van der Waals surface area (Å²) in [5, 5.41) is 8.81. The summed E-state index contributed by atoms with van der Waals surface area (Å²) < 4.78 is 16.7. The Morgan fingerprint density at radius 3 is 2.43 bits per heavy atom. The zero-order valence-corrected chi connectivity index (χ0v) is 21.0. The lowest BCUT2D eigenvalue weighted by atomic mass is 9.97. The van der Waals surface area contributed by atoms with E-state index in [9.17, 15) is 4.79 Å². The average Bonchev–Trinajstić information content (AvgIpc) is 2.92. The van der Waals surface area contributed by atoms with Crippen LogP contribution >= 0.6 is 0 Å². The molecule has 3 aromatic carbocycles. The summed E-state index contributed by atoms with van der Waals surface area (Å²) in [6, 6.07) is 23.9. The van der Waals surface area contributed by atoms with Gasteiger partial charge in [-0.3, -0.25) is 4.90 Å². The number of ether oxygens (including phenoxy) is 3. The maximum atomic E-state index is 10.7. The monoisotopic (exact) mass is 497 g/mol. The van der Waals surface area contributed by atoms with Crippen molar-refractivity contribution in [2.24, 2.45) is 0 Å². The van der Waals surface area contributed by atoms with E-state index in [0.717, 1.165) is 60.7 Å². The van der Waals surface area contributed by atoms with Gasteiger partial charge in [-0.25, -0.2) is 4.79 Å². The molecule has 1 N–H and O–H groups in total. The number of hydrogen-bond acceptors (Lipinski definition) is 5. The molecular weight excluding hydrogens is 466 g/mol. The second kappa shape index (κ2) is 13.3. The molecule has 4 rings (SSSR count). The number of benzene rings is 3. The summed E-state index contributed by atoms with van der Waals surface area (Å²) in [7, 11) is 0. The van der Waals surface area contributed by atoms with Gasteiger partial charge in [-0.05, 0) is 65.6 Å². The van der Waals surface area contributed by atoms with Crippen LogP contribution in [0.2, 0.25) is 0 Å². The van der Waals surface area contributed by atoms with Crippen molar-refractivity contribution in [3.63, 3.8) is 0 Å². The van der Waals surface area contributed by atoms with Crippen LogP contribution in [0, 0.1) is 18.8 Å². The van der Waals surface area contributed by atoms with Gasteiger partial charge in [-0.15, -0.1) is 0 Å². The quantitative estimate of drug-likeness (QED) is 0.434. The second-order valence-corrected chi connectivity index (χ2v) is 8.67. The normalized spacial score (nSPS) is 13.9. The predicted octanol–water partition coefficient (Wildman–Crippen LogP) is 4.65. The molecule has 6 nitrogen and oxygen atoms in total. The van der Waals surface area contributed by atoms with Gasteiger partial charge in [-0.2, -0.15) is 0 Å². The number of rotatable bonds is 9. The number of aryl methyl sites for hydroxylation is 1. The lowest BCUT2D eigenvalue weighted by molar-refractivity contribution is -0.139. The average molecular weight is 498 g/mol. The molecule has 3 aromatic rings. The molecule has 190 valence electrons. The summed E-state index contributed by atoms with van der Waals surface area (Å²) in [4.78, 5) is 13.1. The maximum absolute atomic E-state index is 10.7. The largest absolute Gasteiger partial charge is 0.489 e. The van der Waals surface area contributed by atoms with Gasteiger partial charge >= 0.3 is 5.97 Å². The third-order valence-electron chi connectivity index (χ3n) is 5.95. The Bertz CT molecular complexity index is 1270. The molecule has 1 aliphatic rings. The van der Waals surface area contributed by atoms with E-state index in [-0.39, 0.29) is 6.61 Å². The second-order valence-electron chi connectivity index (χ2n) is 8.67. The van der Waals surface area contributed by atoms with Gasteiger partial charge in [0.15, 0.2) is 6.61 Å². The van der Waals surface area contributed by atoms with Crippen molar-refractivity contribution in [2.75, 3.05) is 46.1 Å². The third kappa shape index (κ3) is 7.97. The van der Waals surface area contributed by atoms with Crippen LogP contribution in [0.5, 0.6) is 11.5 Å². The van der Waals surface area contributed by atoms with Crippen LogP contribution in [0.25, 0.3) is 5.57 Å². The van der Waals surface area contributed by atoms with Crippen molar-refractivity contribution >= 4 is 11.5 Å². The molecule has 6 heteroatoms. The summed E-state index contributed by atoms with van der Waals surface area (Å²) >= 11 is 0. The number of aliphatic carboxylic acids is 1. The third-order valence-corrected chi connectivity index (χ3v) is 5.95. The van der Waals surface area contributed by atoms with Crippen molar-refractivity contribution in [1.29, 1.82) is 0 Å². The molecule has 0 radical (unpaired) electrons. The molecule has 1 fully saturated rings. The van der Waals surface area contributed by atoms with E-state index in [1.807, 2.05) is 31.2 Å². The molecule has 0 aromatic heterocycles. The first kappa shape index (κ1) is 26.0. The lowest BCUT2D eigenvalue weighted by Gasteiger charge is -2.24. The molecule has 37 heavy (non-hydrogen) atoms. The van der Waals surface area contributed by atoms with E-state index in [1.54, 1.807) is 12.1 Å². The van der Waals surface area contributed by atoms with E-state index in [2.05, 4.69) is 59.2 Å². The molecule has 0 bridgehead atoms. The summed E-state index contributed by atoms with van der Waals surface area (Å²) in [6.07, 6.45) is 2.07. The van der Waals surface area contributed by atoms with Gasteiger partial charge in [-0.1, -0.05) is 54.3 Å². The standard InChI is InChI=1S/C31H31NO5/c1-24-22-28(13-14-30(24)37-23-31(33)34)36-19-15-29(26-7-3-2-4-8-26)27-11-9-25(10-12-27)6-5-16-32-17-20-35-21-18-32/h2-4,7-15,22H,16-21,23H2,1H3,(H,33,34)/b29-15-.